The zero-order valence-electron chi connectivity index (χ0n) is 19.7. The Morgan fingerprint density at radius 2 is 1.83 bits per heavy atom. The Kier molecular flexibility index (Phi) is 5.11. The number of nitro benzene ring substituents is 1. The number of benzene rings is 2. The van der Waals surface area contributed by atoms with Crippen molar-refractivity contribution in [3.05, 3.63) is 87.4 Å². The number of hydrogen-bond acceptors (Lipinski definition) is 8. The van der Waals surface area contributed by atoms with Crippen LogP contribution in [0.2, 0.25) is 0 Å². The second-order valence-electron chi connectivity index (χ2n) is 8.68. The number of nitrogens with zero attached hydrogens (tertiary/aromatic N) is 6. The van der Waals surface area contributed by atoms with E-state index < -0.39 is 4.92 Å². The van der Waals surface area contributed by atoms with Gasteiger partial charge >= 0.3 is 0 Å². The molecule has 4 aromatic heterocycles. The summed E-state index contributed by atoms with van der Waals surface area (Å²) in [6, 6.07) is 14.7. The van der Waals surface area contributed by atoms with Crippen LogP contribution in [0.5, 0.6) is 5.75 Å². The van der Waals surface area contributed by atoms with Gasteiger partial charge in [-0.1, -0.05) is 24.3 Å². The lowest BCUT2D eigenvalue weighted by atomic mass is 10.1. The fraction of sp³-hybridized carbons (Fsp3) is 0.154. The second-order valence-corrected chi connectivity index (χ2v) is 9.68. The minimum Gasteiger partial charge on any atom is -0.489 e. The van der Waals surface area contributed by atoms with E-state index in [0.717, 1.165) is 48.5 Å². The molecule has 36 heavy (non-hydrogen) atoms. The Balaban J connectivity index is 1.27. The van der Waals surface area contributed by atoms with Gasteiger partial charge in [0.1, 0.15) is 28.2 Å². The molecule has 2 aromatic carbocycles. The molecule has 10 heteroatoms. The number of aromatic nitrogens is 5. The number of thiophene rings is 1. The first-order valence-electron chi connectivity index (χ1n) is 11.3. The molecule has 0 unspecified atom stereocenters. The average molecular weight is 497 g/mol. The highest BCUT2D eigenvalue weighted by Crippen LogP contribution is 2.36. The third-order valence-corrected chi connectivity index (χ3v) is 7.14. The summed E-state index contributed by atoms with van der Waals surface area (Å²) in [4.78, 5) is 25.7. The van der Waals surface area contributed by atoms with E-state index in [4.69, 9.17) is 14.7 Å². The maximum atomic E-state index is 11.0. The number of fused-ring (bicyclic) bond motifs is 5. The maximum Gasteiger partial charge on any atom is 0.272 e. The molecule has 4 heterocycles. The topological polar surface area (TPSA) is 108 Å². The minimum atomic E-state index is -0.397. The smallest absolute Gasteiger partial charge is 0.272 e. The fourth-order valence-electron chi connectivity index (χ4n) is 4.33. The van der Waals surface area contributed by atoms with Crippen LogP contribution in [0.1, 0.15) is 22.4 Å². The van der Waals surface area contributed by atoms with Gasteiger partial charge in [0.05, 0.1) is 10.4 Å². The molecule has 0 fully saturated rings. The first kappa shape index (κ1) is 22.1. The van der Waals surface area contributed by atoms with Crippen LogP contribution in [-0.2, 0) is 6.61 Å². The number of pyridine rings is 1. The molecular formula is C26H20N6O3S. The van der Waals surface area contributed by atoms with Crippen molar-refractivity contribution in [2.24, 2.45) is 0 Å². The van der Waals surface area contributed by atoms with E-state index in [1.54, 1.807) is 41.2 Å². The van der Waals surface area contributed by atoms with E-state index in [9.17, 15) is 10.1 Å². The summed E-state index contributed by atoms with van der Waals surface area (Å²) in [5, 5.41) is 16.7. The predicted octanol–water partition coefficient (Wildman–Crippen LogP) is 5.97. The number of nitro groups is 1. The molecule has 0 aliphatic carbocycles. The Hall–Kier alpha value is -4.44. The number of rotatable bonds is 5. The monoisotopic (exact) mass is 496 g/mol. The lowest BCUT2D eigenvalue weighted by molar-refractivity contribution is -0.385. The highest BCUT2D eigenvalue weighted by molar-refractivity contribution is 7.26. The van der Waals surface area contributed by atoms with Crippen LogP contribution >= 0.6 is 11.3 Å². The normalized spacial score (nSPS) is 11.5. The minimum absolute atomic E-state index is 0.0799. The van der Waals surface area contributed by atoms with Crippen molar-refractivity contribution < 1.29 is 9.66 Å². The van der Waals surface area contributed by atoms with Gasteiger partial charge in [0.15, 0.2) is 11.5 Å². The lowest BCUT2D eigenvalue weighted by Crippen LogP contribution is -1.97. The van der Waals surface area contributed by atoms with E-state index >= 15 is 0 Å². The van der Waals surface area contributed by atoms with Gasteiger partial charge in [0, 0.05) is 28.3 Å². The van der Waals surface area contributed by atoms with Crippen LogP contribution in [0.3, 0.4) is 0 Å². The van der Waals surface area contributed by atoms with Crippen LogP contribution in [0.15, 0.2) is 54.9 Å². The zero-order chi connectivity index (χ0) is 25.0. The van der Waals surface area contributed by atoms with Gasteiger partial charge < -0.3 is 4.74 Å². The van der Waals surface area contributed by atoms with Crippen LogP contribution in [0.25, 0.3) is 37.5 Å². The summed E-state index contributed by atoms with van der Waals surface area (Å²) in [6.45, 7) is 6.12. The van der Waals surface area contributed by atoms with E-state index in [1.165, 1.54) is 6.07 Å². The standard InChI is InChI=1S/C26H20N6O3S/c1-14-11-19(8-9-20(14)32(33)34)35-12-17-4-6-18(7-5-17)24-29-25-23-22(27-13-31(25)30-24)21-15(2)10-16(3)28-26(21)36-23/h4-11,13H,12H2,1-3H3. The maximum absolute atomic E-state index is 11.0. The van der Waals surface area contributed by atoms with Gasteiger partial charge in [0.25, 0.3) is 5.69 Å². The molecule has 6 aromatic rings. The second kappa shape index (κ2) is 8.35. The highest BCUT2D eigenvalue weighted by Gasteiger charge is 2.17. The van der Waals surface area contributed by atoms with Crippen molar-refractivity contribution in [2.45, 2.75) is 27.4 Å². The van der Waals surface area contributed by atoms with Crippen molar-refractivity contribution >= 4 is 43.1 Å². The van der Waals surface area contributed by atoms with Gasteiger partial charge in [-0.05, 0) is 50.1 Å². The molecule has 0 saturated carbocycles. The largest absolute Gasteiger partial charge is 0.489 e. The van der Waals surface area contributed by atoms with Crippen LogP contribution in [0.4, 0.5) is 5.69 Å². The number of aryl methyl sites for hydroxylation is 3. The molecule has 0 saturated heterocycles. The summed E-state index contributed by atoms with van der Waals surface area (Å²) >= 11 is 1.59. The van der Waals surface area contributed by atoms with Gasteiger partial charge in [-0.15, -0.1) is 16.4 Å². The third kappa shape index (κ3) is 3.72. The molecule has 0 radical (unpaired) electrons. The highest BCUT2D eigenvalue weighted by atomic mass is 32.1. The fourth-order valence-corrected chi connectivity index (χ4v) is 5.55. The van der Waals surface area contributed by atoms with E-state index in [1.807, 2.05) is 31.2 Å². The lowest BCUT2D eigenvalue weighted by Gasteiger charge is -2.07. The Morgan fingerprint density at radius 1 is 1.03 bits per heavy atom. The number of ether oxygens (including phenoxy) is 1. The molecule has 6 rings (SSSR count). The summed E-state index contributed by atoms with van der Waals surface area (Å²) in [5.74, 6) is 1.20. The third-order valence-electron chi connectivity index (χ3n) is 6.08. The first-order valence-corrected chi connectivity index (χ1v) is 12.1. The van der Waals surface area contributed by atoms with Crippen molar-refractivity contribution in [1.29, 1.82) is 0 Å². The van der Waals surface area contributed by atoms with Gasteiger partial charge in [0.2, 0.25) is 0 Å². The molecule has 0 aliphatic heterocycles. The summed E-state index contributed by atoms with van der Waals surface area (Å²) in [7, 11) is 0. The van der Waals surface area contributed by atoms with Crippen molar-refractivity contribution in [3.8, 4) is 17.1 Å². The molecular weight excluding hydrogens is 476 g/mol. The molecule has 178 valence electrons. The summed E-state index contributed by atoms with van der Waals surface area (Å²) in [5.41, 5.74) is 6.29. The van der Waals surface area contributed by atoms with Crippen LogP contribution in [0, 0.1) is 30.9 Å². The molecule has 0 amide bonds. The van der Waals surface area contributed by atoms with Gasteiger partial charge in [-0.3, -0.25) is 10.1 Å². The molecule has 0 spiro atoms. The van der Waals surface area contributed by atoms with Gasteiger partial charge in [-0.2, -0.15) is 0 Å². The predicted molar refractivity (Wildman–Crippen MR) is 139 cm³/mol. The summed E-state index contributed by atoms with van der Waals surface area (Å²) < 4.78 is 8.51. The number of hydrogen-bond donors (Lipinski definition) is 0. The Morgan fingerprint density at radius 3 is 2.58 bits per heavy atom. The SMILES string of the molecule is Cc1cc(C)c2c(n1)sc1c2ncn2nc(-c3ccc(COc4ccc([N+](=O)[O-])c(C)c4)cc3)nc12. The van der Waals surface area contributed by atoms with Crippen molar-refractivity contribution in [3.63, 3.8) is 0 Å². The molecule has 0 aliphatic rings. The van der Waals surface area contributed by atoms with Crippen LogP contribution < -0.4 is 4.74 Å². The zero-order valence-corrected chi connectivity index (χ0v) is 20.5. The van der Waals surface area contributed by atoms with E-state index in [2.05, 4.69) is 23.1 Å². The van der Waals surface area contributed by atoms with Crippen LogP contribution in [-0.4, -0.2) is 29.5 Å². The molecule has 0 bridgehead atoms. The summed E-state index contributed by atoms with van der Waals surface area (Å²) in [6.07, 6.45) is 1.70. The Bertz CT molecular complexity index is 1810. The molecule has 0 atom stereocenters. The first-order chi connectivity index (χ1) is 17.4. The quantitative estimate of drug-likeness (QED) is 0.214. The molecule has 9 nitrogen and oxygen atoms in total. The van der Waals surface area contributed by atoms with Crippen molar-refractivity contribution in [1.82, 2.24) is 24.6 Å². The van der Waals surface area contributed by atoms with Crippen molar-refractivity contribution in [2.75, 3.05) is 0 Å². The average Bonchev–Trinajstić information content (AvgIpc) is 3.44. The molecule has 0 N–H and O–H groups in total. The van der Waals surface area contributed by atoms with Gasteiger partial charge in [-0.25, -0.2) is 19.5 Å². The Labute approximate surface area is 209 Å². The van der Waals surface area contributed by atoms with E-state index in [0.29, 0.717) is 23.7 Å². The van der Waals surface area contributed by atoms with E-state index in [-0.39, 0.29) is 5.69 Å².